The van der Waals surface area contributed by atoms with Gasteiger partial charge in [0.1, 0.15) is 5.75 Å². The Morgan fingerprint density at radius 3 is 2.73 bits per heavy atom. The summed E-state index contributed by atoms with van der Waals surface area (Å²) in [6, 6.07) is 9.78. The molecule has 6 nitrogen and oxygen atoms in total. The summed E-state index contributed by atoms with van der Waals surface area (Å²) in [5, 5.41) is 12.8. The van der Waals surface area contributed by atoms with Crippen LogP contribution >= 0.6 is 0 Å². The van der Waals surface area contributed by atoms with Crippen molar-refractivity contribution in [3.63, 3.8) is 0 Å². The van der Waals surface area contributed by atoms with Crippen LogP contribution in [0.1, 0.15) is 19.7 Å². The molecule has 0 N–H and O–H groups in total. The van der Waals surface area contributed by atoms with E-state index in [4.69, 9.17) is 14.5 Å². The quantitative estimate of drug-likeness (QED) is 0.782. The molecule has 0 spiro atoms. The molecule has 6 heteroatoms. The molecule has 0 saturated carbocycles. The van der Waals surface area contributed by atoms with Crippen LogP contribution in [-0.2, 0) is 6.54 Å². The van der Waals surface area contributed by atoms with E-state index in [1.54, 1.807) is 0 Å². The average molecular weight is 300 g/mol. The summed E-state index contributed by atoms with van der Waals surface area (Å²) in [6.45, 7) is 5.66. The van der Waals surface area contributed by atoms with Gasteiger partial charge in [0.2, 0.25) is 11.7 Å². The summed E-state index contributed by atoms with van der Waals surface area (Å²) in [7, 11) is 1.93. The molecule has 0 radical (unpaired) electrons. The predicted octanol–water partition coefficient (Wildman–Crippen LogP) is 2.73. The van der Waals surface area contributed by atoms with Gasteiger partial charge in [-0.2, -0.15) is 10.2 Å². The average Bonchev–Trinajstić information content (AvgIpc) is 2.96. The topological polar surface area (TPSA) is 75.2 Å². The molecule has 0 aliphatic rings. The van der Waals surface area contributed by atoms with Crippen molar-refractivity contribution in [1.82, 2.24) is 15.0 Å². The molecular weight excluding hydrogens is 280 g/mol. The lowest BCUT2D eigenvalue weighted by Crippen LogP contribution is -2.23. The second kappa shape index (κ2) is 7.57. The highest BCUT2D eigenvalue weighted by Gasteiger charge is 2.12. The number of nitrogens with zero attached hydrogens (tertiary/aromatic N) is 4. The van der Waals surface area contributed by atoms with Crippen molar-refractivity contribution in [2.45, 2.75) is 20.4 Å². The van der Waals surface area contributed by atoms with Crippen LogP contribution in [0.15, 0.2) is 28.8 Å². The van der Waals surface area contributed by atoms with Crippen molar-refractivity contribution in [3.05, 3.63) is 30.2 Å². The van der Waals surface area contributed by atoms with Crippen LogP contribution in [0, 0.1) is 17.2 Å². The maximum absolute atomic E-state index is 8.82. The molecule has 0 amide bonds. The zero-order valence-electron chi connectivity index (χ0n) is 13.1. The van der Waals surface area contributed by atoms with Crippen LogP contribution < -0.4 is 4.74 Å². The first-order valence-electron chi connectivity index (χ1n) is 7.26. The van der Waals surface area contributed by atoms with Gasteiger partial charge in [-0.15, -0.1) is 0 Å². The highest BCUT2D eigenvalue weighted by molar-refractivity contribution is 5.55. The number of benzene rings is 1. The third-order valence-corrected chi connectivity index (χ3v) is 3.10. The lowest BCUT2D eigenvalue weighted by molar-refractivity contribution is 0.253. The first kappa shape index (κ1) is 16.0. The van der Waals surface area contributed by atoms with Crippen LogP contribution in [0.2, 0.25) is 0 Å². The molecule has 0 bridgehead atoms. The second-order valence-corrected chi connectivity index (χ2v) is 5.20. The molecule has 0 fully saturated rings. The van der Waals surface area contributed by atoms with Crippen molar-refractivity contribution < 1.29 is 9.26 Å². The third-order valence-electron chi connectivity index (χ3n) is 3.10. The summed E-state index contributed by atoms with van der Waals surface area (Å²) in [6.07, 6.45) is 0. The molecule has 2 rings (SSSR count). The zero-order valence-corrected chi connectivity index (χ0v) is 13.1. The minimum atomic E-state index is -0.0292. The van der Waals surface area contributed by atoms with Crippen molar-refractivity contribution in [2.24, 2.45) is 5.92 Å². The Bertz CT molecular complexity index is 630. The molecule has 22 heavy (non-hydrogen) atoms. The minimum Gasteiger partial charge on any atom is -0.494 e. The van der Waals surface area contributed by atoms with Crippen LogP contribution in [0.4, 0.5) is 0 Å². The van der Waals surface area contributed by atoms with Gasteiger partial charge < -0.3 is 9.26 Å². The second-order valence-electron chi connectivity index (χ2n) is 5.20. The van der Waals surface area contributed by atoms with Crippen LogP contribution in [0.25, 0.3) is 11.4 Å². The summed E-state index contributed by atoms with van der Waals surface area (Å²) in [5.41, 5.74) is 0.881. The Labute approximate surface area is 130 Å². The standard InChI is InChI=1S/C16H20N4O2/c1-4-21-14-7-5-13(6-8-14)16-18-15(22-19-16)11-20(3)10-12(2)9-17/h5-8,12H,4,10-11H2,1-3H3. The molecule has 1 aromatic heterocycles. The molecule has 0 aliphatic carbocycles. The van der Waals surface area contributed by atoms with E-state index in [1.165, 1.54) is 0 Å². The van der Waals surface area contributed by atoms with Crippen molar-refractivity contribution in [2.75, 3.05) is 20.2 Å². The first-order chi connectivity index (χ1) is 10.6. The predicted molar refractivity (Wildman–Crippen MR) is 82.0 cm³/mol. The fraction of sp³-hybridized carbons (Fsp3) is 0.438. The number of ether oxygens (including phenoxy) is 1. The number of rotatable bonds is 7. The van der Waals surface area contributed by atoms with Gasteiger partial charge in [-0.3, -0.25) is 4.90 Å². The van der Waals surface area contributed by atoms with E-state index in [-0.39, 0.29) is 5.92 Å². The third kappa shape index (κ3) is 4.30. The fourth-order valence-electron chi connectivity index (χ4n) is 2.11. The van der Waals surface area contributed by atoms with Gasteiger partial charge in [0.05, 0.1) is 25.1 Å². The van der Waals surface area contributed by atoms with Gasteiger partial charge in [0.15, 0.2) is 0 Å². The molecule has 1 unspecified atom stereocenters. The van der Waals surface area contributed by atoms with E-state index in [2.05, 4.69) is 16.2 Å². The summed E-state index contributed by atoms with van der Waals surface area (Å²) in [4.78, 5) is 6.38. The molecule has 1 aromatic carbocycles. The monoisotopic (exact) mass is 300 g/mol. The number of nitriles is 1. The van der Waals surface area contributed by atoms with Crippen LogP contribution in [-0.4, -0.2) is 35.2 Å². The van der Waals surface area contributed by atoms with E-state index < -0.39 is 0 Å². The van der Waals surface area contributed by atoms with E-state index >= 15 is 0 Å². The number of hydrogen-bond acceptors (Lipinski definition) is 6. The van der Waals surface area contributed by atoms with E-state index in [0.717, 1.165) is 11.3 Å². The van der Waals surface area contributed by atoms with Crippen LogP contribution in [0.3, 0.4) is 0 Å². The molecule has 1 heterocycles. The maximum atomic E-state index is 8.82. The summed E-state index contributed by atoms with van der Waals surface area (Å²) < 4.78 is 10.7. The van der Waals surface area contributed by atoms with Gasteiger partial charge >= 0.3 is 0 Å². The van der Waals surface area contributed by atoms with Gasteiger partial charge in [-0.25, -0.2) is 0 Å². The Hall–Kier alpha value is -2.39. The van der Waals surface area contributed by atoms with E-state index in [1.807, 2.05) is 50.1 Å². The van der Waals surface area contributed by atoms with Gasteiger partial charge in [-0.05, 0) is 45.2 Å². The molecular formula is C16H20N4O2. The molecule has 1 atom stereocenters. The van der Waals surface area contributed by atoms with Gasteiger partial charge in [0.25, 0.3) is 0 Å². The number of aromatic nitrogens is 2. The van der Waals surface area contributed by atoms with Crippen LogP contribution in [0.5, 0.6) is 5.75 Å². The smallest absolute Gasteiger partial charge is 0.241 e. The van der Waals surface area contributed by atoms with E-state index in [9.17, 15) is 0 Å². The van der Waals surface area contributed by atoms with Crippen molar-refractivity contribution in [1.29, 1.82) is 5.26 Å². The first-order valence-corrected chi connectivity index (χ1v) is 7.26. The van der Waals surface area contributed by atoms with E-state index in [0.29, 0.717) is 31.4 Å². The molecule has 2 aromatic rings. The van der Waals surface area contributed by atoms with Gasteiger partial charge in [-0.1, -0.05) is 5.16 Å². The molecule has 0 aliphatic heterocycles. The fourth-order valence-corrected chi connectivity index (χ4v) is 2.11. The highest BCUT2D eigenvalue weighted by Crippen LogP contribution is 2.20. The highest BCUT2D eigenvalue weighted by atomic mass is 16.5. The summed E-state index contributed by atoms with van der Waals surface area (Å²) in [5.74, 6) is 1.88. The molecule has 116 valence electrons. The van der Waals surface area contributed by atoms with Crippen molar-refractivity contribution >= 4 is 0 Å². The zero-order chi connectivity index (χ0) is 15.9. The largest absolute Gasteiger partial charge is 0.494 e. The normalized spacial score (nSPS) is 12.1. The van der Waals surface area contributed by atoms with Gasteiger partial charge in [0, 0.05) is 12.1 Å². The Morgan fingerprint density at radius 2 is 2.09 bits per heavy atom. The number of hydrogen-bond donors (Lipinski definition) is 0. The Kier molecular flexibility index (Phi) is 5.50. The maximum Gasteiger partial charge on any atom is 0.241 e. The Morgan fingerprint density at radius 1 is 1.36 bits per heavy atom. The summed E-state index contributed by atoms with van der Waals surface area (Å²) >= 11 is 0. The lowest BCUT2D eigenvalue weighted by atomic mass is 10.2. The lowest BCUT2D eigenvalue weighted by Gasteiger charge is -2.14. The SMILES string of the molecule is CCOc1ccc(-c2noc(CN(C)CC(C)C#N)n2)cc1. The minimum absolute atomic E-state index is 0.0292. The molecule has 0 saturated heterocycles. The van der Waals surface area contributed by atoms with Crippen molar-refractivity contribution in [3.8, 4) is 23.2 Å². The Balaban J connectivity index is 2.00.